The molecule has 0 atom stereocenters. The molecule has 2 aliphatic carbocycles. The van der Waals surface area contributed by atoms with E-state index in [1.165, 1.54) is 203 Å². The highest BCUT2D eigenvalue weighted by atomic mass is 15.2. The molecule has 0 saturated heterocycles. The fraction of sp³-hybridized carbons (Fsp3) is 0.0543. The van der Waals surface area contributed by atoms with Crippen molar-refractivity contribution in [2.45, 2.75) is 45.4 Å². The average Bonchev–Trinajstić information content (AvgIpc) is 1.67. The molecule has 0 saturated carbocycles. The Morgan fingerprint density at radius 3 is 0.872 bits per heavy atom. The summed E-state index contributed by atoms with van der Waals surface area (Å²) in [6.07, 6.45) is 0. The van der Waals surface area contributed by atoms with E-state index in [1.54, 1.807) is 0 Å². The number of fused-ring (bicyclic) bond motifs is 17. The summed E-state index contributed by atoms with van der Waals surface area (Å²) in [4.78, 5) is 4.80. The van der Waals surface area contributed by atoms with Crippen LogP contribution < -0.4 is 9.80 Å². The van der Waals surface area contributed by atoms with E-state index in [9.17, 15) is 0 Å². The number of benzene rings is 22. The Balaban J connectivity index is 0.000000143. The lowest BCUT2D eigenvalue weighted by molar-refractivity contribution is 0.660. The van der Waals surface area contributed by atoms with Crippen LogP contribution in [0.2, 0.25) is 0 Å². The highest BCUT2D eigenvalue weighted by molar-refractivity contribution is 6.24. The zero-order valence-corrected chi connectivity index (χ0v) is 74.7. The molecule has 2 aromatic heterocycles. The molecule has 0 aliphatic heterocycles. The first-order valence-corrected chi connectivity index (χ1v) is 46.4. The van der Waals surface area contributed by atoms with Gasteiger partial charge in [-0.2, -0.15) is 0 Å². The molecule has 0 amide bonds. The van der Waals surface area contributed by atoms with Gasteiger partial charge in [-0.25, -0.2) is 0 Å². The molecule has 4 nitrogen and oxygen atoms in total. The van der Waals surface area contributed by atoms with E-state index >= 15 is 0 Å². The van der Waals surface area contributed by atoms with E-state index in [1.807, 2.05) is 0 Å². The third-order valence-corrected chi connectivity index (χ3v) is 28.8. The fourth-order valence-electron chi connectivity index (χ4n) is 22.5. The number of rotatable bonds is 13. The summed E-state index contributed by atoms with van der Waals surface area (Å²) in [7, 11) is 0. The number of hydrogen-bond donors (Lipinski definition) is 0. The molecule has 0 N–H and O–H groups in total. The van der Waals surface area contributed by atoms with Gasteiger partial charge in [0.2, 0.25) is 0 Å². The van der Waals surface area contributed by atoms with Crippen LogP contribution in [0, 0.1) is 6.92 Å². The number of nitrogens with zero attached hydrogens (tertiary/aromatic N) is 4. The predicted octanol–water partition coefficient (Wildman–Crippen LogP) is 35.5. The van der Waals surface area contributed by atoms with Crippen LogP contribution in [0.5, 0.6) is 0 Å². The summed E-state index contributed by atoms with van der Waals surface area (Å²) >= 11 is 0. The van der Waals surface area contributed by atoms with Gasteiger partial charge in [0.05, 0.1) is 22.1 Å². The van der Waals surface area contributed by atoms with Crippen molar-refractivity contribution in [2.24, 2.45) is 0 Å². The number of anilines is 6. The van der Waals surface area contributed by atoms with Crippen LogP contribution in [-0.4, -0.2) is 9.13 Å². The van der Waals surface area contributed by atoms with E-state index < -0.39 is 0 Å². The van der Waals surface area contributed by atoms with Crippen molar-refractivity contribution in [3.63, 3.8) is 0 Å². The van der Waals surface area contributed by atoms with Gasteiger partial charge in [0.15, 0.2) is 0 Å². The molecular weight excluding hydrogens is 1610 g/mol. The largest absolute Gasteiger partial charge is 0.310 e. The normalized spacial score (nSPS) is 12.8. The highest BCUT2D eigenvalue weighted by Crippen LogP contribution is 2.57. The molecule has 0 fully saturated rings. The van der Waals surface area contributed by atoms with Crippen molar-refractivity contribution in [2.75, 3.05) is 9.80 Å². The monoisotopic (exact) mass is 1700 g/mol. The molecule has 24 aromatic rings. The maximum absolute atomic E-state index is 2.50. The zero-order chi connectivity index (χ0) is 88.7. The van der Waals surface area contributed by atoms with E-state index in [0.29, 0.717) is 0 Å². The molecule has 2 heterocycles. The minimum atomic E-state index is -0.245. The second kappa shape index (κ2) is 31.3. The molecule has 628 valence electrons. The smallest absolute Gasteiger partial charge is 0.0541 e. The lowest BCUT2D eigenvalue weighted by atomic mass is 9.80. The first-order valence-electron chi connectivity index (χ1n) is 46.4. The van der Waals surface area contributed by atoms with Gasteiger partial charge in [-0.1, -0.05) is 361 Å². The highest BCUT2D eigenvalue weighted by Gasteiger charge is 2.39. The summed E-state index contributed by atoms with van der Waals surface area (Å²) in [5.74, 6) is 0. The molecule has 0 unspecified atom stereocenters. The van der Waals surface area contributed by atoms with E-state index in [4.69, 9.17) is 0 Å². The molecule has 0 bridgehead atoms. The van der Waals surface area contributed by atoms with Crippen molar-refractivity contribution in [3.05, 3.63) is 495 Å². The summed E-state index contributed by atoms with van der Waals surface area (Å²) in [6.45, 7) is 11.8. The Bertz CT molecular complexity index is 8630. The van der Waals surface area contributed by atoms with Gasteiger partial charge in [-0.05, 0) is 300 Å². The second-order valence-electron chi connectivity index (χ2n) is 37.0. The second-order valence-corrected chi connectivity index (χ2v) is 37.0. The number of aryl methyl sites for hydroxylation is 1. The third-order valence-electron chi connectivity index (χ3n) is 28.8. The van der Waals surface area contributed by atoms with Crippen LogP contribution in [0.3, 0.4) is 0 Å². The molecular formula is C129H92N4. The first-order chi connectivity index (χ1) is 65.4. The molecule has 133 heavy (non-hydrogen) atoms. The Morgan fingerprint density at radius 2 is 0.459 bits per heavy atom. The zero-order valence-electron chi connectivity index (χ0n) is 74.7. The summed E-state index contributed by atoms with van der Waals surface area (Å²) in [5.41, 5.74) is 37.8. The molecule has 0 radical (unpaired) electrons. The van der Waals surface area contributed by atoms with Crippen molar-refractivity contribution in [3.8, 4) is 89.3 Å². The number of aromatic nitrogens is 2. The maximum Gasteiger partial charge on any atom is 0.0541 e. The van der Waals surface area contributed by atoms with Crippen LogP contribution in [0.4, 0.5) is 34.1 Å². The van der Waals surface area contributed by atoms with Gasteiger partial charge in [0, 0.05) is 77.9 Å². The summed E-state index contributed by atoms with van der Waals surface area (Å²) in [6, 6.07) is 173. The van der Waals surface area contributed by atoms with E-state index in [0.717, 1.165) is 45.5 Å². The summed E-state index contributed by atoms with van der Waals surface area (Å²) < 4.78 is 4.77. The molecule has 0 spiro atoms. The van der Waals surface area contributed by atoms with Gasteiger partial charge in [0.25, 0.3) is 0 Å². The first kappa shape index (κ1) is 78.6. The van der Waals surface area contributed by atoms with Gasteiger partial charge in [0.1, 0.15) is 0 Å². The lowest BCUT2D eigenvalue weighted by Crippen LogP contribution is -2.16. The van der Waals surface area contributed by atoms with Gasteiger partial charge >= 0.3 is 0 Å². The Labute approximate surface area is 774 Å². The minimum Gasteiger partial charge on any atom is -0.310 e. The number of para-hydroxylation sites is 6. The van der Waals surface area contributed by atoms with Gasteiger partial charge in [-0.15, -0.1) is 0 Å². The minimum absolute atomic E-state index is 0.244. The van der Waals surface area contributed by atoms with Crippen molar-refractivity contribution in [1.82, 2.24) is 9.13 Å². The predicted molar refractivity (Wildman–Crippen MR) is 566 cm³/mol. The average molecular weight is 1700 g/mol. The summed E-state index contributed by atoms with van der Waals surface area (Å²) in [5, 5.41) is 17.8. The molecule has 2 aliphatic rings. The van der Waals surface area contributed by atoms with Crippen LogP contribution >= 0.6 is 0 Å². The van der Waals surface area contributed by atoms with Crippen LogP contribution in [0.15, 0.2) is 467 Å². The molecule has 26 rings (SSSR count). The Hall–Kier alpha value is -16.7. The topological polar surface area (TPSA) is 16.3 Å². The lowest BCUT2D eigenvalue weighted by Gasteiger charge is -2.28. The van der Waals surface area contributed by atoms with Crippen LogP contribution in [0.25, 0.3) is 187 Å². The van der Waals surface area contributed by atoms with Crippen molar-refractivity contribution >= 4 is 132 Å². The van der Waals surface area contributed by atoms with Gasteiger partial charge < -0.3 is 18.9 Å². The quantitative estimate of drug-likeness (QED) is 0.107. The Kier molecular flexibility index (Phi) is 18.5. The third kappa shape index (κ3) is 12.9. The van der Waals surface area contributed by atoms with Crippen LogP contribution in [-0.2, 0) is 10.8 Å². The SMILES string of the molecule is CC1(C)c2cc(-c3c4ccccc4c(-c4ccc(-c5ccccc5)cc4)c4ccccc34)ccc2-c2ccc(N(c3ccccc3)c3ccc(-n4c5ccccc5c5ccccc54)cc3)cc21.Cc1ccc2c(-c3ccc4ccccc4c3)c3ccccc3c(-c3ccc4c(c3)C(C)(C)c3cc(N(c5ccccc5)c5ccc(-n6c7ccccc7c7ccccc76)cc5)ccc3-4)c2c1. The maximum atomic E-state index is 2.50. The fourth-order valence-corrected chi connectivity index (χ4v) is 22.5. The van der Waals surface area contributed by atoms with E-state index in [-0.39, 0.29) is 10.8 Å². The number of hydrogen-bond acceptors (Lipinski definition) is 2. The van der Waals surface area contributed by atoms with Gasteiger partial charge in [-0.3, -0.25) is 0 Å². The van der Waals surface area contributed by atoms with Crippen molar-refractivity contribution in [1.29, 1.82) is 0 Å². The Morgan fingerprint density at radius 1 is 0.180 bits per heavy atom. The molecule has 22 aromatic carbocycles. The van der Waals surface area contributed by atoms with Crippen molar-refractivity contribution < 1.29 is 0 Å². The van der Waals surface area contributed by atoms with Crippen LogP contribution in [0.1, 0.15) is 55.5 Å². The van der Waals surface area contributed by atoms with E-state index in [2.05, 4.69) is 521 Å². The molecule has 4 heteroatoms. The standard InChI is InChI=1S/C65H46N2.C64H46N2/c1-65(2)59-41-46(64-57-25-11-9-23-55(57)63(56-24-10-12-26-58(56)64)45-31-29-44(30-32-45)43-17-5-3-6-18-43)33-39-51(59)52-40-38-50(42-60(52)65)66(47-19-7-4-8-20-47)48-34-36-49(37-35-48)67-61-27-15-13-21-53(61)54-22-14-16-28-62(54)67;1-41-25-34-56-57(37-41)63(55-22-10-9-21-54(55)62(56)44-27-26-42-15-7-8-16-43(42)38-44)45-28-35-50-51-36-33-49(40-59(51)64(2,3)58(50)39-45)65(46-17-5-4-6-18-46)47-29-31-48(32-30-47)66-60-23-13-11-19-52(60)53-20-12-14-24-61(53)66/h3-42H,1-2H3;4-40H,1-3H3.